The van der Waals surface area contributed by atoms with Crippen LogP contribution in [0.2, 0.25) is 0 Å². The predicted molar refractivity (Wildman–Crippen MR) is 213 cm³/mol. The Bertz CT molecular complexity index is 1710. The molecule has 0 spiro atoms. The number of hydrogen-bond acceptors (Lipinski definition) is 13. The lowest BCUT2D eigenvalue weighted by Crippen LogP contribution is -2.54. The zero-order chi connectivity index (χ0) is 43.7. The molecule has 21 heteroatoms. The van der Waals surface area contributed by atoms with Crippen molar-refractivity contribution in [2.24, 2.45) is 17.2 Å². The molecule has 2 aromatic carbocycles. The Balaban J connectivity index is 1.99. The van der Waals surface area contributed by atoms with Gasteiger partial charge in [0.25, 0.3) is 0 Å². The minimum absolute atomic E-state index is 0.0271. The van der Waals surface area contributed by atoms with Crippen LogP contribution in [0, 0.1) is 0 Å². The number of unbranched alkanes of at least 4 members (excludes halogenated alkanes) is 2. The third-order valence-corrected chi connectivity index (χ3v) is 8.66. The summed E-state index contributed by atoms with van der Waals surface area (Å²) in [5, 5.41) is 45.5. The number of amides is 7. The molecule has 0 unspecified atom stereocenters. The van der Waals surface area contributed by atoms with Gasteiger partial charge in [-0.3, -0.25) is 33.6 Å². The third kappa shape index (κ3) is 20.1. The van der Waals surface area contributed by atoms with E-state index in [1.54, 1.807) is 0 Å². The molecule has 2 rings (SSSR count). The summed E-state index contributed by atoms with van der Waals surface area (Å²) in [6.45, 7) is -1.56. The lowest BCUT2D eigenvalue weighted by atomic mass is 10.0. The van der Waals surface area contributed by atoms with Crippen LogP contribution in [-0.2, 0) is 51.2 Å². The summed E-state index contributed by atoms with van der Waals surface area (Å²) >= 11 is 0. The van der Waals surface area contributed by atoms with Crippen molar-refractivity contribution >= 4 is 47.3 Å². The number of rotatable bonds is 27. The van der Waals surface area contributed by atoms with E-state index in [1.165, 1.54) is 48.5 Å². The van der Waals surface area contributed by atoms with Gasteiger partial charge in [0.2, 0.25) is 41.4 Å². The van der Waals surface area contributed by atoms with Gasteiger partial charge in [0.15, 0.2) is 0 Å². The van der Waals surface area contributed by atoms with E-state index in [0.29, 0.717) is 56.3 Å². The first-order valence-corrected chi connectivity index (χ1v) is 19.0. The number of aromatic hydroxyl groups is 2. The molecule has 0 bridgehead atoms. The summed E-state index contributed by atoms with van der Waals surface area (Å²) < 4.78 is 0. The smallest absolute Gasteiger partial charge is 0.326 e. The molecule has 0 aliphatic carbocycles. The first kappa shape index (κ1) is 48.8. The van der Waals surface area contributed by atoms with Gasteiger partial charge in [0, 0.05) is 12.8 Å². The highest BCUT2D eigenvalue weighted by atomic mass is 16.4. The van der Waals surface area contributed by atoms with Crippen LogP contribution < -0.4 is 54.4 Å². The van der Waals surface area contributed by atoms with Crippen molar-refractivity contribution in [2.75, 3.05) is 39.3 Å². The number of carboxylic acids is 1. The van der Waals surface area contributed by atoms with Crippen LogP contribution in [0.4, 0.5) is 0 Å². The molecule has 0 fully saturated rings. The molecular weight excluding hydrogens is 772 g/mol. The molecule has 0 saturated heterocycles. The van der Waals surface area contributed by atoms with Crippen molar-refractivity contribution in [1.82, 2.24) is 37.2 Å². The number of aliphatic carboxylic acids is 1. The Kier molecular flexibility index (Phi) is 22.0. The van der Waals surface area contributed by atoms with Crippen LogP contribution >= 0.6 is 0 Å². The van der Waals surface area contributed by atoms with Crippen molar-refractivity contribution in [1.29, 1.82) is 0 Å². The van der Waals surface area contributed by atoms with E-state index in [1.807, 2.05) is 0 Å². The summed E-state index contributed by atoms with van der Waals surface area (Å²) in [6, 6.07) is 7.01. The Morgan fingerprint density at radius 1 is 0.492 bits per heavy atom. The number of phenolic OH excluding ortho intramolecular Hbond substituents is 2. The highest BCUT2D eigenvalue weighted by Gasteiger charge is 2.26. The quantitative estimate of drug-likeness (QED) is 0.0389. The second-order valence-electron chi connectivity index (χ2n) is 13.5. The molecule has 0 saturated carbocycles. The van der Waals surface area contributed by atoms with E-state index < -0.39 is 97.7 Å². The molecule has 0 heterocycles. The maximum atomic E-state index is 13.2. The van der Waals surface area contributed by atoms with E-state index in [0.717, 1.165) is 0 Å². The van der Waals surface area contributed by atoms with Crippen molar-refractivity contribution in [2.45, 2.75) is 75.5 Å². The van der Waals surface area contributed by atoms with Crippen LogP contribution in [0.3, 0.4) is 0 Å². The Morgan fingerprint density at radius 3 is 1.29 bits per heavy atom. The van der Waals surface area contributed by atoms with E-state index >= 15 is 0 Å². The lowest BCUT2D eigenvalue weighted by molar-refractivity contribution is -0.142. The van der Waals surface area contributed by atoms with Gasteiger partial charge in [-0.1, -0.05) is 30.7 Å². The molecule has 324 valence electrons. The van der Waals surface area contributed by atoms with Gasteiger partial charge in [-0.15, -0.1) is 0 Å². The SMILES string of the molecule is NCCCC[C@H](NC(=O)CNC(=O)[C@H](Cc1ccc(O)cc1)NC(=O)CNC(=O)CNC(=O)[C@H](Cc1ccc(O)cc1)NC(=O)CNC(=O)[C@@H](N)CCCCN)C(=O)O. The predicted octanol–water partition coefficient (Wildman–Crippen LogP) is -3.53. The number of benzene rings is 2. The Morgan fingerprint density at radius 2 is 0.864 bits per heavy atom. The minimum atomic E-state index is -1.28. The molecule has 2 aromatic rings. The summed E-state index contributed by atoms with van der Waals surface area (Å²) in [5.74, 6) is -6.61. The normalized spacial score (nSPS) is 12.7. The molecule has 0 aliphatic heterocycles. The summed E-state index contributed by atoms with van der Waals surface area (Å²) in [7, 11) is 0. The number of hydrogen-bond donors (Lipinski definition) is 13. The van der Waals surface area contributed by atoms with Gasteiger partial charge in [-0.2, -0.15) is 0 Å². The van der Waals surface area contributed by atoms with E-state index in [9.17, 15) is 53.7 Å². The fourth-order valence-corrected chi connectivity index (χ4v) is 5.40. The fraction of sp³-hybridized carbons (Fsp3) is 0.474. The summed E-state index contributed by atoms with van der Waals surface area (Å²) in [5.41, 5.74) is 17.8. The highest BCUT2D eigenvalue weighted by molar-refractivity contribution is 5.95. The molecule has 0 aliphatic rings. The first-order chi connectivity index (χ1) is 28.1. The second kappa shape index (κ2) is 26.6. The van der Waals surface area contributed by atoms with Gasteiger partial charge in [-0.05, 0) is 80.6 Å². The molecule has 16 N–H and O–H groups in total. The van der Waals surface area contributed by atoms with Crippen molar-refractivity contribution in [3.05, 3.63) is 59.7 Å². The largest absolute Gasteiger partial charge is 0.508 e. The summed E-state index contributed by atoms with van der Waals surface area (Å²) in [6.07, 6.45) is 2.66. The second-order valence-corrected chi connectivity index (χ2v) is 13.5. The topological polar surface area (TPSA) is 360 Å². The molecule has 59 heavy (non-hydrogen) atoms. The molecule has 0 aromatic heterocycles. The van der Waals surface area contributed by atoms with Gasteiger partial charge >= 0.3 is 5.97 Å². The molecular formula is C38H56N10O11. The molecule has 21 nitrogen and oxygen atoms in total. The van der Waals surface area contributed by atoms with E-state index in [4.69, 9.17) is 17.2 Å². The van der Waals surface area contributed by atoms with Crippen LogP contribution in [0.1, 0.15) is 49.7 Å². The van der Waals surface area contributed by atoms with E-state index in [2.05, 4.69) is 37.2 Å². The molecule has 7 amide bonds. The average Bonchev–Trinajstić information content (AvgIpc) is 3.20. The standard InChI is InChI=1S/C38H56N10O11/c39-15-3-1-5-27(41)35(55)43-21-34(54)48-29(17-23-7-11-25(49)12-8-23)36(56)44-19-31(51)42-20-32(52)47-30(18-24-9-13-26(50)14-10-24)37(57)45-22-33(53)46-28(38(58)59)6-2-4-16-40/h7-14,27-30,49-50H,1-6,15-22,39-41H2,(H,42,51)(H,43,55)(H,44,56)(H,45,57)(H,46,53)(H,47,52)(H,48,54)(H,58,59)/t27-,28-,29-,30-/m0/s1. The molecule has 0 radical (unpaired) electrons. The number of carbonyl (C=O) groups excluding carboxylic acids is 7. The van der Waals surface area contributed by atoms with Gasteiger partial charge in [0.05, 0.1) is 32.2 Å². The zero-order valence-electron chi connectivity index (χ0n) is 32.7. The zero-order valence-corrected chi connectivity index (χ0v) is 32.7. The van der Waals surface area contributed by atoms with Gasteiger partial charge < -0.3 is 69.7 Å². The fourth-order valence-electron chi connectivity index (χ4n) is 5.40. The van der Waals surface area contributed by atoms with Gasteiger partial charge in [-0.25, -0.2) is 4.79 Å². The van der Waals surface area contributed by atoms with Crippen LogP contribution in [0.5, 0.6) is 11.5 Å². The maximum Gasteiger partial charge on any atom is 0.326 e. The van der Waals surface area contributed by atoms with Crippen LogP contribution in [-0.4, -0.2) is 126 Å². The van der Waals surface area contributed by atoms with Gasteiger partial charge in [0.1, 0.15) is 29.6 Å². The number of carbonyl (C=O) groups is 8. The molecule has 4 atom stereocenters. The highest BCUT2D eigenvalue weighted by Crippen LogP contribution is 2.13. The number of nitrogens with one attached hydrogen (secondary N) is 7. The van der Waals surface area contributed by atoms with Crippen LogP contribution in [0.15, 0.2) is 48.5 Å². The van der Waals surface area contributed by atoms with Crippen molar-refractivity contribution < 1.29 is 53.7 Å². The average molecular weight is 829 g/mol. The monoisotopic (exact) mass is 828 g/mol. The summed E-state index contributed by atoms with van der Waals surface area (Å²) in [4.78, 5) is 101. The third-order valence-electron chi connectivity index (χ3n) is 8.66. The lowest BCUT2D eigenvalue weighted by Gasteiger charge is -2.20. The maximum absolute atomic E-state index is 13.2. The number of phenols is 2. The van der Waals surface area contributed by atoms with Crippen molar-refractivity contribution in [3.63, 3.8) is 0 Å². The Labute approximate surface area is 341 Å². The minimum Gasteiger partial charge on any atom is -0.508 e. The van der Waals surface area contributed by atoms with Crippen molar-refractivity contribution in [3.8, 4) is 11.5 Å². The van der Waals surface area contributed by atoms with E-state index in [-0.39, 0.29) is 30.8 Å². The number of nitrogens with two attached hydrogens (primary N) is 3. The van der Waals surface area contributed by atoms with Crippen LogP contribution in [0.25, 0.3) is 0 Å². The Hall–Kier alpha value is -6.32. The number of carboxylic acid groups (broad SMARTS) is 1. The first-order valence-electron chi connectivity index (χ1n) is 19.0.